The molecule has 0 heterocycles. The van der Waals surface area contributed by atoms with E-state index in [9.17, 15) is 0 Å². The highest BCUT2D eigenvalue weighted by Gasteiger charge is 2.48. The minimum absolute atomic E-state index is 0.642. The Morgan fingerprint density at radius 1 is 0.895 bits per heavy atom. The lowest BCUT2D eigenvalue weighted by Crippen LogP contribution is -2.46. The van der Waals surface area contributed by atoms with Gasteiger partial charge in [0.05, 0.1) is 0 Å². The van der Waals surface area contributed by atoms with Crippen molar-refractivity contribution in [2.75, 3.05) is 0 Å². The van der Waals surface area contributed by atoms with Crippen molar-refractivity contribution in [2.24, 2.45) is 40.9 Å². The summed E-state index contributed by atoms with van der Waals surface area (Å²) in [6.45, 7) is 10.0. The molecule has 19 heavy (non-hydrogen) atoms. The summed E-state index contributed by atoms with van der Waals surface area (Å²) < 4.78 is 0. The van der Waals surface area contributed by atoms with Gasteiger partial charge in [-0.15, -0.1) is 0 Å². The van der Waals surface area contributed by atoms with Crippen LogP contribution in [-0.4, -0.2) is 0 Å². The van der Waals surface area contributed by atoms with E-state index in [1.165, 1.54) is 19.3 Å². The van der Waals surface area contributed by atoms with Crippen molar-refractivity contribution in [1.29, 1.82) is 0 Å². The number of hydrogen-bond acceptors (Lipinski definition) is 0. The smallest absolute Gasteiger partial charge is 0.0323 e. The van der Waals surface area contributed by atoms with Gasteiger partial charge in [0.1, 0.15) is 0 Å². The summed E-state index contributed by atoms with van der Waals surface area (Å²) in [6, 6.07) is 0. The maximum atomic E-state index is 2.56. The van der Waals surface area contributed by atoms with Crippen LogP contribution in [0.4, 0.5) is 0 Å². The van der Waals surface area contributed by atoms with Gasteiger partial charge < -0.3 is 0 Å². The van der Waals surface area contributed by atoms with Crippen molar-refractivity contribution in [3.63, 3.8) is 0 Å². The predicted octanol–water partition coefficient (Wildman–Crippen LogP) is 5.91. The van der Waals surface area contributed by atoms with Gasteiger partial charge in [-0.25, -0.2) is 0 Å². The fraction of sp³-hybridized carbons (Fsp3) is 1.00. The molecule has 3 aliphatic rings. The Bertz CT molecular complexity index is 314. The van der Waals surface area contributed by atoms with Crippen LogP contribution in [-0.2, 0) is 0 Å². The predicted molar refractivity (Wildman–Crippen MR) is 83.0 cm³/mol. The molecule has 3 saturated carbocycles. The third kappa shape index (κ3) is 2.49. The molecule has 0 aromatic heterocycles. The van der Waals surface area contributed by atoms with Crippen LogP contribution in [0, 0.1) is 40.9 Å². The van der Waals surface area contributed by atoms with E-state index < -0.39 is 0 Å². The molecule has 110 valence electrons. The first-order valence-corrected chi connectivity index (χ1v) is 8.99. The topological polar surface area (TPSA) is 0 Å². The molecular weight excluding hydrogens is 228 g/mol. The highest BCUT2D eigenvalue weighted by atomic mass is 14.5. The summed E-state index contributed by atoms with van der Waals surface area (Å²) in [5.74, 6) is 6.30. The van der Waals surface area contributed by atoms with E-state index in [2.05, 4.69) is 27.7 Å². The third-order valence-electron chi connectivity index (χ3n) is 7.30. The van der Waals surface area contributed by atoms with Crippen LogP contribution in [0.15, 0.2) is 0 Å². The van der Waals surface area contributed by atoms with E-state index in [1.54, 1.807) is 32.1 Å². The first-order chi connectivity index (χ1) is 8.99. The molecule has 5 atom stereocenters. The molecule has 0 saturated heterocycles. The molecule has 0 N–H and O–H groups in total. The van der Waals surface area contributed by atoms with E-state index in [4.69, 9.17) is 0 Å². The van der Waals surface area contributed by atoms with Crippen molar-refractivity contribution in [2.45, 2.75) is 79.1 Å². The second-order valence-electron chi connectivity index (χ2n) is 8.97. The van der Waals surface area contributed by atoms with Gasteiger partial charge in [-0.1, -0.05) is 34.1 Å². The Labute approximate surface area is 120 Å². The first-order valence-electron chi connectivity index (χ1n) is 8.99. The molecule has 3 fully saturated rings. The molecule has 0 aromatic rings. The van der Waals surface area contributed by atoms with E-state index in [1.807, 2.05) is 0 Å². The molecule has 0 nitrogen and oxygen atoms in total. The van der Waals surface area contributed by atoms with Crippen molar-refractivity contribution < 1.29 is 0 Å². The quantitative estimate of drug-likeness (QED) is 0.551. The summed E-state index contributed by atoms with van der Waals surface area (Å²) in [4.78, 5) is 0. The van der Waals surface area contributed by atoms with Crippen LogP contribution in [0.1, 0.15) is 79.1 Å². The van der Waals surface area contributed by atoms with Crippen molar-refractivity contribution >= 4 is 0 Å². The normalized spacial score (nSPS) is 45.6. The van der Waals surface area contributed by atoms with Gasteiger partial charge in [-0.2, -0.15) is 0 Å². The zero-order valence-corrected chi connectivity index (χ0v) is 13.6. The Morgan fingerprint density at radius 2 is 1.68 bits per heavy atom. The second kappa shape index (κ2) is 5.08. The Balaban J connectivity index is 1.73. The number of hydrogen-bond donors (Lipinski definition) is 0. The van der Waals surface area contributed by atoms with E-state index >= 15 is 0 Å². The average Bonchev–Trinajstić information content (AvgIpc) is 2.37. The van der Waals surface area contributed by atoms with Gasteiger partial charge in [0, 0.05) is 0 Å². The summed E-state index contributed by atoms with van der Waals surface area (Å²) in [5, 5.41) is 0. The van der Waals surface area contributed by atoms with E-state index in [0.29, 0.717) is 5.41 Å². The summed E-state index contributed by atoms with van der Waals surface area (Å²) in [7, 11) is 0. The van der Waals surface area contributed by atoms with Gasteiger partial charge in [-0.3, -0.25) is 0 Å². The number of rotatable bonds is 1. The molecule has 3 aliphatic carbocycles. The maximum Gasteiger partial charge on any atom is -0.0323 e. The summed E-state index contributed by atoms with van der Waals surface area (Å²) in [6.07, 6.45) is 12.3. The molecule has 0 aliphatic heterocycles. The second-order valence-corrected chi connectivity index (χ2v) is 8.97. The fourth-order valence-electron chi connectivity index (χ4n) is 6.10. The Morgan fingerprint density at radius 3 is 2.42 bits per heavy atom. The average molecular weight is 262 g/mol. The lowest BCUT2D eigenvalue weighted by atomic mass is 9.50. The largest absolute Gasteiger partial charge is 0.0625 e. The van der Waals surface area contributed by atoms with E-state index in [0.717, 1.165) is 35.5 Å². The number of fused-ring (bicyclic) bond motifs is 3. The van der Waals surface area contributed by atoms with E-state index in [-0.39, 0.29) is 0 Å². The van der Waals surface area contributed by atoms with Gasteiger partial charge in [0.15, 0.2) is 0 Å². The van der Waals surface area contributed by atoms with Crippen molar-refractivity contribution in [1.82, 2.24) is 0 Å². The maximum absolute atomic E-state index is 2.56. The highest BCUT2D eigenvalue weighted by molar-refractivity contribution is 4.98. The van der Waals surface area contributed by atoms with Crippen LogP contribution in [0.5, 0.6) is 0 Å². The molecule has 0 bridgehead atoms. The van der Waals surface area contributed by atoms with Crippen molar-refractivity contribution in [3.05, 3.63) is 0 Å². The SMILES string of the molecule is CC(C)C1CCC2C(CCC3C2CCCC3(C)C)C1. The molecule has 0 aromatic carbocycles. The molecular formula is C19H34. The summed E-state index contributed by atoms with van der Waals surface area (Å²) >= 11 is 0. The lowest BCUT2D eigenvalue weighted by molar-refractivity contribution is -0.0505. The van der Waals surface area contributed by atoms with Gasteiger partial charge in [-0.05, 0) is 85.9 Å². The molecule has 0 spiro atoms. The van der Waals surface area contributed by atoms with Crippen LogP contribution >= 0.6 is 0 Å². The third-order valence-corrected chi connectivity index (χ3v) is 7.30. The first kappa shape index (κ1) is 14.0. The molecule has 0 amide bonds. The standard InChI is InChI=1S/C19H34/c1-13(2)14-7-9-16-15(12-14)8-10-18-17(16)6-5-11-19(18,3)4/h13-18H,5-12H2,1-4H3. The molecule has 0 radical (unpaired) electrons. The van der Waals surface area contributed by atoms with Crippen molar-refractivity contribution in [3.8, 4) is 0 Å². The lowest BCUT2D eigenvalue weighted by Gasteiger charge is -2.55. The van der Waals surface area contributed by atoms with Gasteiger partial charge in [0.2, 0.25) is 0 Å². The molecule has 3 rings (SSSR count). The van der Waals surface area contributed by atoms with Crippen LogP contribution in [0.2, 0.25) is 0 Å². The minimum Gasteiger partial charge on any atom is -0.0625 e. The highest BCUT2D eigenvalue weighted by Crippen LogP contribution is 2.57. The van der Waals surface area contributed by atoms with Crippen LogP contribution in [0.25, 0.3) is 0 Å². The van der Waals surface area contributed by atoms with Crippen LogP contribution in [0.3, 0.4) is 0 Å². The van der Waals surface area contributed by atoms with Gasteiger partial charge >= 0.3 is 0 Å². The fourth-order valence-corrected chi connectivity index (χ4v) is 6.10. The monoisotopic (exact) mass is 262 g/mol. The van der Waals surface area contributed by atoms with Crippen LogP contribution < -0.4 is 0 Å². The molecule has 5 unspecified atom stereocenters. The zero-order valence-electron chi connectivity index (χ0n) is 13.6. The summed E-state index contributed by atoms with van der Waals surface area (Å²) in [5.41, 5.74) is 0.642. The van der Waals surface area contributed by atoms with Gasteiger partial charge in [0.25, 0.3) is 0 Å². The molecule has 0 heteroatoms. The Hall–Kier alpha value is 0. The minimum atomic E-state index is 0.642. The zero-order chi connectivity index (χ0) is 13.6. The Kier molecular flexibility index (Phi) is 3.73.